The van der Waals surface area contributed by atoms with Crippen molar-refractivity contribution in [3.05, 3.63) is 34.7 Å². The Balaban J connectivity index is 2.32. The van der Waals surface area contributed by atoms with E-state index in [-0.39, 0.29) is 16.4 Å². The Labute approximate surface area is 119 Å². The van der Waals surface area contributed by atoms with Gasteiger partial charge in [0.15, 0.2) is 16.6 Å². The van der Waals surface area contributed by atoms with Gasteiger partial charge in [-0.1, -0.05) is 11.3 Å². The zero-order valence-electron chi connectivity index (χ0n) is 11.1. The summed E-state index contributed by atoms with van der Waals surface area (Å²) in [6, 6.07) is 3.62. The Bertz CT molecular complexity index is 587. The third-order valence-corrected chi connectivity index (χ3v) is 3.93. The molecule has 2 aromatic heterocycles. The van der Waals surface area contributed by atoms with Gasteiger partial charge >= 0.3 is 5.97 Å². The smallest absolute Gasteiger partial charge is 0.356 e. The normalized spacial score (nSPS) is 10.5. The summed E-state index contributed by atoms with van der Waals surface area (Å²) < 4.78 is 5.27. The minimum atomic E-state index is -1.19. The molecule has 0 atom stereocenters. The average Bonchev–Trinajstić information content (AvgIpc) is 3.04. The van der Waals surface area contributed by atoms with Crippen LogP contribution in [0.3, 0.4) is 0 Å². The lowest BCUT2D eigenvalue weighted by atomic mass is 10.3. The van der Waals surface area contributed by atoms with Gasteiger partial charge < -0.3 is 14.4 Å². The second-order valence-corrected chi connectivity index (χ2v) is 5.11. The molecule has 2 aromatic rings. The molecule has 0 saturated heterocycles. The van der Waals surface area contributed by atoms with E-state index in [4.69, 9.17) is 9.52 Å². The predicted octanol–water partition coefficient (Wildman–Crippen LogP) is 2.66. The number of ketones is 1. The number of carbonyl (C=O) groups is 2. The topological polar surface area (TPSA) is 83.6 Å². The van der Waals surface area contributed by atoms with Crippen molar-refractivity contribution in [1.29, 1.82) is 0 Å². The number of nitrogens with zero attached hydrogens (tertiary/aromatic N) is 2. The molecule has 0 aliphatic heterocycles. The lowest BCUT2D eigenvalue weighted by Gasteiger charge is -2.17. The molecule has 0 unspecified atom stereocenters. The highest BCUT2D eigenvalue weighted by Crippen LogP contribution is 2.28. The van der Waals surface area contributed by atoms with Crippen molar-refractivity contribution in [1.82, 2.24) is 4.98 Å². The first-order valence-electron chi connectivity index (χ1n) is 6.05. The van der Waals surface area contributed by atoms with Gasteiger partial charge in [-0.25, -0.2) is 9.78 Å². The van der Waals surface area contributed by atoms with Gasteiger partial charge in [-0.05, 0) is 19.1 Å². The summed E-state index contributed by atoms with van der Waals surface area (Å²) >= 11 is 1.09. The number of rotatable bonds is 6. The SMILES string of the molecule is CCN(Cc1ccco1)c1nc(C(=O)O)c(C(C)=O)s1. The van der Waals surface area contributed by atoms with E-state index >= 15 is 0 Å². The van der Waals surface area contributed by atoms with Crippen molar-refractivity contribution in [2.24, 2.45) is 0 Å². The van der Waals surface area contributed by atoms with E-state index in [2.05, 4.69) is 4.98 Å². The highest BCUT2D eigenvalue weighted by atomic mass is 32.1. The van der Waals surface area contributed by atoms with E-state index < -0.39 is 5.97 Å². The Morgan fingerprint density at radius 3 is 2.70 bits per heavy atom. The zero-order valence-corrected chi connectivity index (χ0v) is 11.9. The zero-order chi connectivity index (χ0) is 14.7. The van der Waals surface area contributed by atoms with E-state index in [9.17, 15) is 9.59 Å². The second kappa shape index (κ2) is 5.87. The van der Waals surface area contributed by atoms with Crippen molar-refractivity contribution in [3.63, 3.8) is 0 Å². The first-order valence-corrected chi connectivity index (χ1v) is 6.87. The van der Waals surface area contributed by atoms with Gasteiger partial charge in [0.1, 0.15) is 10.6 Å². The Morgan fingerprint density at radius 1 is 1.50 bits per heavy atom. The first kappa shape index (κ1) is 14.3. The van der Waals surface area contributed by atoms with Crippen LogP contribution in [0.5, 0.6) is 0 Å². The quantitative estimate of drug-likeness (QED) is 0.825. The van der Waals surface area contributed by atoms with Gasteiger partial charge in [0.2, 0.25) is 0 Å². The van der Waals surface area contributed by atoms with E-state index in [1.807, 2.05) is 17.9 Å². The van der Waals surface area contributed by atoms with Crippen LogP contribution in [-0.2, 0) is 6.54 Å². The maximum Gasteiger partial charge on any atom is 0.356 e. The van der Waals surface area contributed by atoms with Gasteiger partial charge in [0.05, 0.1) is 12.8 Å². The molecular formula is C13H14N2O4S. The van der Waals surface area contributed by atoms with Crippen LogP contribution in [0.4, 0.5) is 5.13 Å². The summed E-state index contributed by atoms with van der Waals surface area (Å²) in [6.07, 6.45) is 1.58. The van der Waals surface area contributed by atoms with Gasteiger partial charge in [-0.3, -0.25) is 4.79 Å². The van der Waals surface area contributed by atoms with Crippen LogP contribution in [0.2, 0.25) is 0 Å². The average molecular weight is 294 g/mol. The van der Waals surface area contributed by atoms with Crippen molar-refractivity contribution >= 4 is 28.2 Å². The molecule has 0 spiro atoms. The molecule has 0 bridgehead atoms. The Morgan fingerprint density at radius 2 is 2.25 bits per heavy atom. The Hall–Kier alpha value is -2.15. The molecule has 0 aliphatic carbocycles. The van der Waals surface area contributed by atoms with Crippen LogP contribution in [0.15, 0.2) is 22.8 Å². The molecule has 0 radical (unpaired) electrons. The molecule has 2 heterocycles. The number of carboxylic acids is 1. The van der Waals surface area contributed by atoms with E-state index in [0.717, 1.165) is 17.1 Å². The van der Waals surface area contributed by atoms with Crippen LogP contribution in [0.25, 0.3) is 0 Å². The minimum Gasteiger partial charge on any atom is -0.476 e. The van der Waals surface area contributed by atoms with E-state index in [1.165, 1.54) is 6.92 Å². The maximum atomic E-state index is 11.5. The largest absolute Gasteiger partial charge is 0.476 e. The molecule has 1 N–H and O–H groups in total. The highest BCUT2D eigenvalue weighted by molar-refractivity contribution is 7.17. The van der Waals surface area contributed by atoms with Gasteiger partial charge in [0.25, 0.3) is 0 Å². The summed E-state index contributed by atoms with van der Waals surface area (Å²) in [6.45, 7) is 4.38. The van der Waals surface area contributed by atoms with Crippen LogP contribution in [0, 0.1) is 0 Å². The molecular weight excluding hydrogens is 280 g/mol. The third-order valence-electron chi connectivity index (χ3n) is 2.72. The van der Waals surface area contributed by atoms with Gasteiger partial charge in [-0.15, -0.1) is 0 Å². The molecule has 0 aliphatic rings. The van der Waals surface area contributed by atoms with Crippen molar-refractivity contribution < 1.29 is 19.1 Å². The number of aromatic nitrogens is 1. The first-order chi connectivity index (χ1) is 9.52. The summed E-state index contributed by atoms with van der Waals surface area (Å²) in [5.41, 5.74) is -0.185. The van der Waals surface area contributed by atoms with Crippen molar-refractivity contribution in [2.75, 3.05) is 11.4 Å². The number of furan rings is 1. The number of hydrogen-bond donors (Lipinski definition) is 1. The van der Waals surface area contributed by atoms with Crippen molar-refractivity contribution in [3.8, 4) is 0 Å². The maximum absolute atomic E-state index is 11.5. The molecule has 0 aromatic carbocycles. The Kier molecular flexibility index (Phi) is 4.19. The standard InChI is InChI=1S/C13H14N2O4S/c1-3-15(7-9-5-4-6-19-9)13-14-10(12(17)18)11(20-13)8(2)16/h4-6H,3,7H2,1-2H3,(H,17,18). The van der Waals surface area contributed by atoms with Gasteiger partial charge in [-0.2, -0.15) is 0 Å². The van der Waals surface area contributed by atoms with Crippen LogP contribution in [0.1, 0.15) is 39.8 Å². The van der Waals surface area contributed by atoms with Crippen LogP contribution < -0.4 is 4.90 Å². The lowest BCUT2D eigenvalue weighted by Crippen LogP contribution is -2.21. The summed E-state index contributed by atoms with van der Waals surface area (Å²) in [5.74, 6) is -0.727. The van der Waals surface area contributed by atoms with Crippen molar-refractivity contribution in [2.45, 2.75) is 20.4 Å². The van der Waals surface area contributed by atoms with E-state index in [0.29, 0.717) is 18.2 Å². The number of carbonyl (C=O) groups excluding carboxylic acids is 1. The fraction of sp³-hybridized carbons (Fsp3) is 0.308. The number of Topliss-reactive ketones (excluding diaryl/α,β-unsaturated/α-hetero) is 1. The number of aromatic carboxylic acids is 1. The molecule has 0 saturated carbocycles. The summed E-state index contributed by atoms with van der Waals surface area (Å²) in [7, 11) is 0. The number of thiazole rings is 1. The predicted molar refractivity (Wildman–Crippen MR) is 74.5 cm³/mol. The molecule has 0 amide bonds. The fourth-order valence-corrected chi connectivity index (χ4v) is 2.75. The monoisotopic (exact) mass is 294 g/mol. The molecule has 2 rings (SSSR count). The highest BCUT2D eigenvalue weighted by Gasteiger charge is 2.23. The molecule has 0 fully saturated rings. The minimum absolute atomic E-state index is 0.172. The molecule has 106 valence electrons. The number of hydrogen-bond acceptors (Lipinski definition) is 6. The van der Waals surface area contributed by atoms with Crippen LogP contribution >= 0.6 is 11.3 Å². The third kappa shape index (κ3) is 2.88. The number of carboxylic acid groups (broad SMARTS) is 1. The number of anilines is 1. The molecule has 6 nitrogen and oxygen atoms in total. The summed E-state index contributed by atoms with van der Waals surface area (Å²) in [4.78, 5) is 28.7. The molecule has 7 heteroatoms. The second-order valence-electron chi connectivity index (χ2n) is 4.13. The lowest BCUT2D eigenvalue weighted by molar-refractivity contribution is 0.0687. The van der Waals surface area contributed by atoms with E-state index in [1.54, 1.807) is 12.3 Å². The van der Waals surface area contributed by atoms with Crippen LogP contribution in [-0.4, -0.2) is 28.4 Å². The fourth-order valence-electron chi connectivity index (χ4n) is 1.73. The molecule has 20 heavy (non-hydrogen) atoms. The van der Waals surface area contributed by atoms with Gasteiger partial charge in [0, 0.05) is 13.5 Å². The summed E-state index contributed by atoms with van der Waals surface area (Å²) in [5, 5.41) is 9.60.